The number of nitrogens with one attached hydrogen (secondary N) is 1. The van der Waals surface area contributed by atoms with E-state index >= 15 is 0 Å². The molecule has 2 N–H and O–H groups in total. The van der Waals surface area contributed by atoms with Crippen LogP contribution in [0.15, 0.2) is 36.5 Å². The largest absolute Gasteiger partial charge is 0.391 e. The number of nitrogens with zero attached hydrogens (tertiary/aromatic N) is 2. The molecule has 7 heteroatoms. The van der Waals surface area contributed by atoms with Gasteiger partial charge < -0.3 is 15.3 Å². The fourth-order valence-electron chi connectivity index (χ4n) is 3.08. The predicted octanol–water partition coefficient (Wildman–Crippen LogP) is 2.42. The summed E-state index contributed by atoms with van der Waals surface area (Å²) < 4.78 is 27.7. The minimum Gasteiger partial charge on any atom is -0.391 e. The topological polar surface area (TPSA) is 65.5 Å². The third kappa shape index (κ3) is 3.61. The molecule has 1 amide bonds. The number of amides is 1. The fourth-order valence-corrected chi connectivity index (χ4v) is 3.08. The van der Waals surface area contributed by atoms with Crippen LogP contribution in [-0.4, -0.2) is 35.2 Å². The molecule has 0 unspecified atom stereocenters. The molecular weight excluding hydrogens is 328 g/mol. The minimum atomic E-state index is -0.669. The van der Waals surface area contributed by atoms with Gasteiger partial charge in [0, 0.05) is 24.8 Å². The Bertz CT molecular complexity index is 767. The number of rotatable bonds is 4. The van der Waals surface area contributed by atoms with Crippen molar-refractivity contribution in [2.24, 2.45) is 0 Å². The van der Waals surface area contributed by atoms with Crippen molar-refractivity contribution in [1.82, 2.24) is 10.3 Å². The van der Waals surface area contributed by atoms with E-state index in [4.69, 9.17) is 0 Å². The van der Waals surface area contributed by atoms with Crippen molar-refractivity contribution in [1.29, 1.82) is 0 Å². The molecule has 0 aliphatic carbocycles. The van der Waals surface area contributed by atoms with Gasteiger partial charge in [0.2, 0.25) is 0 Å². The maximum Gasteiger partial charge on any atom is 0.252 e. The van der Waals surface area contributed by atoms with Gasteiger partial charge >= 0.3 is 0 Å². The lowest BCUT2D eigenvalue weighted by molar-refractivity contribution is 0.0955. The van der Waals surface area contributed by atoms with Gasteiger partial charge in [0.05, 0.1) is 17.7 Å². The molecule has 1 fully saturated rings. The van der Waals surface area contributed by atoms with E-state index in [2.05, 4.69) is 10.3 Å². The lowest BCUT2D eigenvalue weighted by Gasteiger charge is -2.26. The molecular formula is C18H19F2N3O2. The molecule has 2 aromatic rings. The maximum absolute atomic E-state index is 14.1. The first-order valence-corrected chi connectivity index (χ1v) is 8.13. The van der Waals surface area contributed by atoms with Crippen molar-refractivity contribution in [2.45, 2.75) is 25.5 Å². The van der Waals surface area contributed by atoms with Crippen LogP contribution in [0.5, 0.6) is 0 Å². The van der Waals surface area contributed by atoms with E-state index in [9.17, 15) is 18.7 Å². The van der Waals surface area contributed by atoms with Crippen molar-refractivity contribution in [3.05, 3.63) is 59.3 Å². The molecule has 2 heterocycles. The van der Waals surface area contributed by atoms with Crippen molar-refractivity contribution < 1.29 is 18.7 Å². The second-order valence-electron chi connectivity index (χ2n) is 5.99. The van der Waals surface area contributed by atoms with Crippen LogP contribution in [-0.2, 0) is 0 Å². The second kappa shape index (κ2) is 7.14. The molecule has 1 aliphatic rings. The molecule has 5 nitrogen and oxygen atoms in total. The monoisotopic (exact) mass is 347 g/mol. The van der Waals surface area contributed by atoms with Gasteiger partial charge in [-0.3, -0.25) is 4.79 Å². The number of benzene rings is 1. The van der Waals surface area contributed by atoms with E-state index < -0.39 is 23.8 Å². The number of pyridine rings is 1. The standard InChI is InChI=1S/C18H19F2N3O2/c1-2-21-18(25)11-3-6-17(22-9-11)23-10-13(24)8-16(23)14-7-12(19)4-5-15(14)20/h3-7,9,13,16,24H,2,8,10H2,1H3,(H,21,25)/t13-,16-/m1/s1. The highest BCUT2D eigenvalue weighted by molar-refractivity contribution is 5.94. The quantitative estimate of drug-likeness (QED) is 0.892. The number of carbonyl (C=O) groups is 1. The molecule has 1 aliphatic heterocycles. The van der Waals surface area contributed by atoms with Crippen LogP contribution in [0.2, 0.25) is 0 Å². The third-order valence-electron chi connectivity index (χ3n) is 4.24. The van der Waals surface area contributed by atoms with Crippen molar-refractivity contribution in [2.75, 3.05) is 18.0 Å². The molecule has 0 saturated carbocycles. The van der Waals surface area contributed by atoms with Crippen LogP contribution in [0.25, 0.3) is 0 Å². The van der Waals surface area contributed by atoms with E-state index in [-0.39, 0.29) is 24.4 Å². The Balaban J connectivity index is 1.89. The van der Waals surface area contributed by atoms with E-state index in [1.807, 2.05) is 6.92 Å². The lowest BCUT2D eigenvalue weighted by Crippen LogP contribution is -2.26. The zero-order chi connectivity index (χ0) is 18.0. The van der Waals surface area contributed by atoms with Gasteiger partial charge in [0.25, 0.3) is 5.91 Å². The van der Waals surface area contributed by atoms with E-state index in [1.54, 1.807) is 17.0 Å². The van der Waals surface area contributed by atoms with Crippen LogP contribution in [0, 0.1) is 11.6 Å². The summed E-state index contributed by atoms with van der Waals surface area (Å²) in [5.74, 6) is -0.782. The normalized spacial score (nSPS) is 19.9. The van der Waals surface area contributed by atoms with E-state index in [1.165, 1.54) is 6.20 Å². The summed E-state index contributed by atoms with van der Waals surface area (Å²) in [7, 11) is 0. The number of aliphatic hydroxyl groups excluding tert-OH is 1. The van der Waals surface area contributed by atoms with Gasteiger partial charge in [-0.15, -0.1) is 0 Å². The molecule has 25 heavy (non-hydrogen) atoms. The first-order chi connectivity index (χ1) is 12.0. The molecule has 1 aromatic heterocycles. The Hall–Kier alpha value is -2.54. The van der Waals surface area contributed by atoms with E-state index in [0.717, 1.165) is 18.2 Å². The molecule has 0 spiro atoms. The Morgan fingerprint density at radius 3 is 2.84 bits per heavy atom. The molecule has 0 bridgehead atoms. The van der Waals surface area contributed by atoms with Crippen molar-refractivity contribution >= 4 is 11.7 Å². The summed E-state index contributed by atoms with van der Waals surface area (Å²) in [4.78, 5) is 17.8. The number of hydrogen-bond donors (Lipinski definition) is 2. The summed E-state index contributed by atoms with van der Waals surface area (Å²) in [6.45, 7) is 2.59. The first-order valence-electron chi connectivity index (χ1n) is 8.13. The van der Waals surface area contributed by atoms with Crippen molar-refractivity contribution in [3.8, 4) is 0 Å². The molecule has 2 atom stereocenters. The van der Waals surface area contributed by atoms with Crippen LogP contribution >= 0.6 is 0 Å². The fraction of sp³-hybridized carbons (Fsp3) is 0.333. The zero-order valence-electron chi connectivity index (χ0n) is 13.7. The Labute approximate surface area is 144 Å². The SMILES string of the molecule is CCNC(=O)c1ccc(N2C[C@H](O)C[C@@H]2c2cc(F)ccc2F)nc1. The number of halogens is 2. The second-order valence-corrected chi connectivity index (χ2v) is 5.99. The Kier molecular flexibility index (Phi) is 4.94. The number of anilines is 1. The number of aliphatic hydroxyl groups is 1. The van der Waals surface area contributed by atoms with Crippen LogP contribution < -0.4 is 10.2 Å². The van der Waals surface area contributed by atoms with Gasteiger partial charge in [-0.1, -0.05) is 0 Å². The predicted molar refractivity (Wildman–Crippen MR) is 89.3 cm³/mol. The van der Waals surface area contributed by atoms with Gasteiger partial charge in [0.15, 0.2) is 0 Å². The Morgan fingerprint density at radius 1 is 1.36 bits per heavy atom. The zero-order valence-corrected chi connectivity index (χ0v) is 13.7. The number of β-amino-alcohol motifs (C(OH)–C–C–N with tert-alkyl or cyclic N) is 1. The maximum atomic E-state index is 14.1. The summed E-state index contributed by atoms with van der Waals surface area (Å²) in [6, 6.07) is 6.04. The summed E-state index contributed by atoms with van der Waals surface area (Å²) >= 11 is 0. The van der Waals surface area contributed by atoms with Gasteiger partial charge in [-0.2, -0.15) is 0 Å². The molecule has 132 valence electrons. The lowest BCUT2D eigenvalue weighted by atomic mass is 10.0. The average Bonchev–Trinajstić information content (AvgIpc) is 2.99. The van der Waals surface area contributed by atoms with Crippen LogP contribution in [0.1, 0.15) is 35.3 Å². The van der Waals surface area contributed by atoms with Crippen LogP contribution in [0.3, 0.4) is 0 Å². The minimum absolute atomic E-state index is 0.186. The van der Waals surface area contributed by atoms with Crippen molar-refractivity contribution in [3.63, 3.8) is 0 Å². The Morgan fingerprint density at radius 2 is 2.16 bits per heavy atom. The highest BCUT2D eigenvalue weighted by Crippen LogP contribution is 2.36. The molecule has 0 radical (unpaired) electrons. The summed E-state index contributed by atoms with van der Waals surface area (Å²) in [6.07, 6.45) is 1.04. The highest BCUT2D eigenvalue weighted by Gasteiger charge is 2.34. The summed E-state index contributed by atoms with van der Waals surface area (Å²) in [5.41, 5.74) is 0.602. The number of aromatic nitrogens is 1. The van der Waals surface area contributed by atoms with Gasteiger partial charge in [0.1, 0.15) is 17.5 Å². The van der Waals surface area contributed by atoms with Gasteiger partial charge in [-0.05, 0) is 43.7 Å². The van der Waals surface area contributed by atoms with E-state index in [0.29, 0.717) is 17.9 Å². The first kappa shape index (κ1) is 17.3. The smallest absolute Gasteiger partial charge is 0.252 e. The highest BCUT2D eigenvalue weighted by atomic mass is 19.1. The average molecular weight is 347 g/mol. The molecule has 3 rings (SSSR count). The van der Waals surface area contributed by atoms with Gasteiger partial charge in [-0.25, -0.2) is 13.8 Å². The van der Waals surface area contributed by atoms with Crippen LogP contribution in [0.4, 0.5) is 14.6 Å². The third-order valence-corrected chi connectivity index (χ3v) is 4.24. The number of carbonyl (C=O) groups excluding carboxylic acids is 1. The number of hydrogen-bond acceptors (Lipinski definition) is 4. The molecule has 1 saturated heterocycles. The molecule has 1 aromatic carbocycles. The summed E-state index contributed by atoms with van der Waals surface area (Å²) in [5, 5.41) is 12.7.